The molecule has 3 rings (SSSR count). The van der Waals surface area contributed by atoms with Gasteiger partial charge in [-0.1, -0.05) is 0 Å². The SMILES string of the molecule is CC(C)(C)N(C(=O)O)[C@H](CCCNC(N)=O)C(=O)N1CCN(CCCOc2ccc(C(=O)C3CC3)cc2)CC1. The molecule has 0 spiro atoms. The zero-order chi connectivity index (χ0) is 28.6. The molecule has 11 heteroatoms. The largest absolute Gasteiger partial charge is 0.494 e. The van der Waals surface area contributed by atoms with Crippen molar-refractivity contribution in [3.8, 4) is 5.75 Å². The lowest BCUT2D eigenvalue weighted by Crippen LogP contribution is -2.60. The smallest absolute Gasteiger partial charge is 0.408 e. The van der Waals surface area contributed by atoms with Gasteiger partial charge in [-0.3, -0.25) is 19.4 Å². The average Bonchev–Trinajstić information content (AvgIpc) is 3.73. The highest BCUT2D eigenvalue weighted by atomic mass is 16.5. The van der Waals surface area contributed by atoms with Crippen molar-refractivity contribution in [2.45, 2.75) is 64.5 Å². The molecule has 0 unspecified atom stereocenters. The summed E-state index contributed by atoms with van der Waals surface area (Å²) in [6, 6.07) is 5.86. The highest BCUT2D eigenvalue weighted by Crippen LogP contribution is 2.33. The number of carboxylic acid groups (broad SMARTS) is 1. The molecule has 1 aliphatic carbocycles. The molecule has 1 saturated heterocycles. The van der Waals surface area contributed by atoms with Crippen LogP contribution >= 0.6 is 0 Å². The van der Waals surface area contributed by atoms with E-state index in [1.807, 2.05) is 24.3 Å². The van der Waals surface area contributed by atoms with Crippen LogP contribution in [0.3, 0.4) is 0 Å². The van der Waals surface area contributed by atoms with Gasteiger partial charge >= 0.3 is 12.1 Å². The number of benzene rings is 1. The van der Waals surface area contributed by atoms with Crippen molar-refractivity contribution in [1.82, 2.24) is 20.0 Å². The van der Waals surface area contributed by atoms with E-state index < -0.39 is 23.7 Å². The number of ether oxygens (including phenoxy) is 1. The number of carbonyl (C=O) groups excluding carboxylic acids is 3. The van der Waals surface area contributed by atoms with Gasteiger partial charge in [-0.25, -0.2) is 9.59 Å². The van der Waals surface area contributed by atoms with Crippen molar-refractivity contribution in [1.29, 1.82) is 0 Å². The van der Waals surface area contributed by atoms with E-state index in [1.54, 1.807) is 25.7 Å². The number of urea groups is 1. The standard InChI is InChI=1S/C28H43N5O6/c1-28(2,3)33(27(37)38)23(6-4-13-30-26(29)36)25(35)32-17-15-31(16-18-32)14-5-19-39-22-11-9-21(10-12-22)24(34)20-7-8-20/h9-12,20,23H,4-8,13-19H2,1-3H3,(H,37,38)(H3,29,30,36)/t23-/m1/s1. The predicted molar refractivity (Wildman–Crippen MR) is 147 cm³/mol. The number of primary amides is 1. The maximum absolute atomic E-state index is 13.5. The van der Waals surface area contributed by atoms with Gasteiger partial charge in [0.2, 0.25) is 5.91 Å². The van der Waals surface area contributed by atoms with Gasteiger partial charge in [0, 0.05) is 56.3 Å². The summed E-state index contributed by atoms with van der Waals surface area (Å²) in [5.41, 5.74) is 5.10. The molecule has 1 atom stereocenters. The Bertz CT molecular complexity index is 997. The number of nitrogens with zero attached hydrogens (tertiary/aromatic N) is 3. The molecule has 1 aromatic rings. The molecule has 216 valence electrons. The van der Waals surface area contributed by atoms with Gasteiger partial charge in [0.15, 0.2) is 5.78 Å². The van der Waals surface area contributed by atoms with Crippen molar-refractivity contribution in [2.24, 2.45) is 11.7 Å². The van der Waals surface area contributed by atoms with Crippen LogP contribution < -0.4 is 15.8 Å². The fourth-order valence-electron chi connectivity index (χ4n) is 4.94. The number of hydrogen-bond acceptors (Lipinski definition) is 6. The van der Waals surface area contributed by atoms with Crippen LogP contribution in [0, 0.1) is 5.92 Å². The zero-order valence-electron chi connectivity index (χ0n) is 23.4. The molecule has 2 fully saturated rings. The Labute approximate surface area is 230 Å². The molecule has 1 saturated carbocycles. The lowest BCUT2D eigenvalue weighted by Gasteiger charge is -2.42. The minimum atomic E-state index is -1.15. The van der Waals surface area contributed by atoms with E-state index in [-0.39, 0.29) is 30.6 Å². The van der Waals surface area contributed by atoms with Gasteiger partial charge in [0.05, 0.1) is 6.61 Å². The summed E-state index contributed by atoms with van der Waals surface area (Å²) in [5, 5.41) is 12.4. The van der Waals surface area contributed by atoms with Gasteiger partial charge in [-0.15, -0.1) is 0 Å². The van der Waals surface area contributed by atoms with Crippen LogP contribution in [0.2, 0.25) is 0 Å². The van der Waals surface area contributed by atoms with Crippen molar-refractivity contribution in [3.05, 3.63) is 29.8 Å². The lowest BCUT2D eigenvalue weighted by atomic mass is 9.99. The maximum atomic E-state index is 13.5. The Balaban J connectivity index is 1.44. The van der Waals surface area contributed by atoms with E-state index in [0.29, 0.717) is 39.2 Å². The maximum Gasteiger partial charge on any atom is 0.408 e. The summed E-state index contributed by atoms with van der Waals surface area (Å²) in [5.74, 6) is 0.966. The summed E-state index contributed by atoms with van der Waals surface area (Å²) in [6.07, 6.45) is 2.38. The van der Waals surface area contributed by atoms with Crippen molar-refractivity contribution in [2.75, 3.05) is 45.9 Å². The second-order valence-electron chi connectivity index (χ2n) is 11.3. The van der Waals surface area contributed by atoms with Gasteiger partial charge in [-0.05, 0) is 77.1 Å². The van der Waals surface area contributed by atoms with Crippen molar-refractivity contribution >= 4 is 23.8 Å². The van der Waals surface area contributed by atoms with Crippen LogP contribution in [0.4, 0.5) is 9.59 Å². The fourth-order valence-corrected chi connectivity index (χ4v) is 4.94. The molecule has 4 amide bonds. The minimum absolute atomic E-state index is 0.207. The Kier molecular flexibility index (Phi) is 10.6. The van der Waals surface area contributed by atoms with E-state index in [4.69, 9.17) is 10.5 Å². The molecule has 0 aromatic heterocycles. The van der Waals surface area contributed by atoms with E-state index >= 15 is 0 Å². The Morgan fingerprint density at radius 2 is 1.72 bits per heavy atom. The highest BCUT2D eigenvalue weighted by Gasteiger charge is 2.39. The van der Waals surface area contributed by atoms with Crippen molar-refractivity contribution in [3.63, 3.8) is 0 Å². The number of ketones is 1. The zero-order valence-corrected chi connectivity index (χ0v) is 23.4. The topological polar surface area (TPSA) is 146 Å². The first kappa shape index (κ1) is 30.2. The average molecular weight is 546 g/mol. The molecule has 11 nitrogen and oxygen atoms in total. The Morgan fingerprint density at radius 3 is 2.26 bits per heavy atom. The highest BCUT2D eigenvalue weighted by molar-refractivity contribution is 5.99. The monoisotopic (exact) mass is 545 g/mol. The molecule has 0 bridgehead atoms. The molecule has 0 radical (unpaired) electrons. The van der Waals surface area contributed by atoms with Gasteiger partial charge in [-0.2, -0.15) is 0 Å². The van der Waals surface area contributed by atoms with E-state index in [9.17, 15) is 24.3 Å². The van der Waals surface area contributed by atoms with Crippen LogP contribution in [0.1, 0.15) is 63.2 Å². The van der Waals surface area contributed by atoms with E-state index in [1.165, 1.54) is 4.90 Å². The molecular weight excluding hydrogens is 502 g/mol. The first-order valence-electron chi connectivity index (χ1n) is 13.8. The molecule has 1 heterocycles. The number of nitrogens with two attached hydrogens (primary N) is 1. The molecule has 1 aromatic carbocycles. The molecule has 4 N–H and O–H groups in total. The molecule has 1 aliphatic heterocycles. The third-order valence-corrected chi connectivity index (χ3v) is 7.14. The Hall–Kier alpha value is -3.34. The van der Waals surface area contributed by atoms with E-state index in [2.05, 4.69) is 10.2 Å². The number of rotatable bonds is 13. The van der Waals surface area contributed by atoms with Gasteiger partial charge in [0.1, 0.15) is 11.8 Å². The number of Topliss-reactive ketones (excluding diaryl/α,β-unsaturated/α-hetero) is 1. The lowest BCUT2D eigenvalue weighted by molar-refractivity contribution is -0.140. The minimum Gasteiger partial charge on any atom is -0.494 e. The van der Waals surface area contributed by atoms with Crippen LogP contribution in [0.5, 0.6) is 5.75 Å². The van der Waals surface area contributed by atoms with Gasteiger partial charge < -0.3 is 25.8 Å². The van der Waals surface area contributed by atoms with Crippen LogP contribution in [0.15, 0.2) is 24.3 Å². The van der Waals surface area contributed by atoms with Crippen LogP contribution in [0.25, 0.3) is 0 Å². The number of carbonyl (C=O) groups is 4. The normalized spacial score (nSPS) is 16.8. The summed E-state index contributed by atoms with van der Waals surface area (Å²) in [4.78, 5) is 54.0. The number of piperazine rings is 1. The summed E-state index contributed by atoms with van der Waals surface area (Å²) in [6.45, 7) is 9.39. The predicted octanol–water partition coefficient (Wildman–Crippen LogP) is 2.79. The quantitative estimate of drug-likeness (QED) is 0.255. The number of hydrogen-bond donors (Lipinski definition) is 3. The Morgan fingerprint density at radius 1 is 1.08 bits per heavy atom. The molecule has 2 aliphatic rings. The molecule has 39 heavy (non-hydrogen) atoms. The number of nitrogens with one attached hydrogen (secondary N) is 1. The van der Waals surface area contributed by atoms with Gasteiger partial charge in [0.25, 0.3) is 0 Å². The summed E-state index contributed by atoms with van der Waals surface area (Å²) >= 11 is 0. The molecular formula is C28H43N5O6. The second kappa shape index (κ2) is 13.6. The first-order valence-corrected chi connectivity index (χ1v) is 13.8. The van der Waals surface area contributed by atoms with Crippen molar-refractivity contribution < 1.29 is 29.0 Å². The third kappa shape index (κ3) is 9.12. The van der Waals surface area contributed by atoms with E-state index in [0.717, 1.165) is 37.1 Å². The fraction of sp³-hybridized carbons (Fsp3) is 0.643. The third-order valence-electron chi connectivity index (χ3n) is 7.14. The summed E-state index contributed by atoms with van der Waals surface area (Å²) in [7, 11) is 0. The second-order valence-corrected chi connectivity index (χ2v) is 11.3. The summed E-state index contributed by atoms with van der Waals surface area (Å²) < 4.78 is 5.84. The first-order chi connectivity index (χ1) is 18.5. The van der Waals surface area contributed by atoms with Crippen LogP contribution in [-0.4, -0.2) is 101 Å². The van der Waals surface area contributed by atoms with Crippen LogP contribution in [-0.2, 0) is 4.79 Å². The number of amides is 4.